The molecule has 0 amide bonds. The largest absolute Gasteiger partial charge is 0.309 e. The van der Waals surface area contributed by atoms with Crippen LogP contribution in [0.1, 0.15) is 66.3 Å². The van der Waals surface area contributed by atoms with Gasteiger partial charge in [-0.3, -0.25) is 0 Å². The molecule has 1 nitrogen and oxygen atoms in total. The van der Waals surface area contributed by atoms with E-state index in [9.17, 15) is 0 Å². The van der Waals surface area contributed by atoms with Crippen LogP contribution >= 0.6 is 0 Å². The number of fused-ring (bicyclic) bond motifs is 3. The van der Waals surface area contributed by atoms with Crippen molar-refractivity contribution in [2.24, 2.45) is 17.8 Å². The Hall–Kier alpha value is -4.10. The van der Waals surface area contributed by atoms with E-state index in [4.69, 9.17) is 0 Å². The average Bonchev–Trinajstić information content (AvgIpc) is 3.32. The van der Waals surface area contributed by atoms with Crippen LogP contribution in [0.25, 0.3) is 49.7 Å². The summed E-state index contributed by atoms with van der Waals surface area (Å²) in [6.45, 7) is 8.83. The van der Waals surface area contributed by atoms with E-state index >= 15 is 0 Å². The Morgan fingerprint density at radius 3 is 1.40 bits per heavy atom. The van der Waals surface area contributed by atoms with Gasteiger partial charge in [0.2, 0.25) is 0 Å². The Morgan fingerprint density at radius 2 is 0.933 bits per heavy atom. The molecule has 0 radical (unpaired) electrons. The van der Waals surface area contributed by atoms with E-state index in [0.717, 1.165) is 17.8 Å². The number of rotatable bonds is 4. The topological polar surface area (TPSA) is 4.93 Å². The molecule has 0 aliphatic heterocycles. The van der Waals surface area contributed by atoms with Crippen molar-refractivity contribution in [3.63, 3.8) is 0 Å². The van der Waals surface area contributed by atoms with Crippen LogP contribution in [0.5, 0.6) is 0 Å². The predicted octanol–water partition coefficient (Wildman–Crippen LogP) is 11.8. The van der Waals surface area contributed by atoms with Crippen LogP contribution in [0.3, 0.4) is 0 Å². The summed E-state index contributed by atoms with van der Waals surface area (Å²) in [6.07, 6.45) is 8.54. The average molecular weight is 586 g/mol. The normalized spacial score (nSPS) is 23.8. The zero-order valence-corrected chi connectivity index (χ0v) is 27.2. The molecular weight excluding hydrogens is 542 g/mol. The highest BCUT2D eigenvalue weighted by Crippen LogP contribution is 2.61. The maximum absolute atomic E-state index is 2.62. The van der Waals surface area contributed by atoms with Crippen molar-refractivity contribution >= 4 is 21.8 Å². The smallest absolute Gasteiger partial charge is 0.0541 e. The number of benzene rings is 5. The molecule has 0 saturated heterocycles. The summed E-state index contributed by atoms with van der Waals surface area (Å²) in [6, 6.07) is 37.8. The van der Waals surface area contributed by atoms with Crippen LogP contribution in [-0.4, -0.2) is 4.57 Å². The molecule has 0 unspecified atom stereocenters. The molecule has 4 aliphatic rings. The lowest BCUT2D eigenvalue weighted by atomic mass is 9.48. The fourth-order valence-electron chi connectivity index (χ4n) is 10.5. The van der Waals surface area contributed by atoms with E-state index in [0.29, 0.717) is 5.41 Å². The molecule has 0 atom stereocenters. The number of para-hydroxylation sites is 1. The minimum Gasteiger partial charge on any atom is -0.309 e. The molecule has 45 heavy (non-hydrogen) atoms. The predicted molar refractivity (Wildman–Crippen MR) is 190 cm³/mol. The highest BCUT2D eigenvalue weighted by molar-refractivity contribution is 6.11. The van der Waals surface area contributed by atoms with Crippen molar-refractivity contribution in [3.8, 4) is 27.9 Å². The molecule has 224 valence electrons. The second-order valence-electron chi connectivity index (χ2n) is 15.3. The first-order valence-corrected chi connectivity index (χ1v) is 17.2. The Labute approximate surface area is 267 Å². The van der Waals surface area contributed by atoms with Gasteiger partial charge in [0.1, 0.15) is 0 Å². The molecule has 4 aliphatic carbocycles. The number of hydrogen-bond donors (Lipinski definition) is 0. The van der Waals surface area contributed by atoms with Crippen molar-refractivity contribution in [2.45, 2.75) is 71.6 Å². The summed E-state index contributed by atoms with van der Waals surface area (Å²) in [4.78, 5) is 0. The Bertz CT molecular complexity index is 1950. The highest BCUT2D eigenvalue weighted by Gasteiger charge is 2.52. The third-order valence-electron chi connectivity index (χ3n) is 11.6. The quantitative estimate of drug-likeness (QED) is 0.194. The Morgan fingerprint density at radius 1 is 0.489 bits per heavy atom. The molecule has 4 fully saturated rings. The lowest BCUT2D eigenvalue weighted by molar-refractivity contribution is -0.00515. The van der Waals surface area contributed by atoms with Gasteiger partial charge in [0.15, 0.2) is 0 Å². The molecule has 5 aromatic carbocycles. The van der Waals surface area contributed by atoms with Gasteiger partial charge in [-0.25, -0.2) is 0 Å². The molecule has 1 aromatic heterocycles. The van der Waals surface area contributed by atoms with Gasteiger partial charge in [0, 0.05) is 16.5 Å². The van der Waals surface area contributed by atoms with Crippen LogP contribution < -0.4 is 0 Å². The van der Waals surface area contributed by atoms with Gasteiger partial charge < -0.3 is 4.57 Å². The summed E-state index contributed by atoms with van der Waals surface area (Å²) < 4.78 is 2.62. The highest BCUT2D eigenvalue weighted by atomic mass is 15.0. The lowest BCUT2D eigenvalue weighted by Crippen LogP contribution is -2.48. The van der Waals surface area contributed by atoms with Crippen LogP contribution in [-0.2, 0) is 5.41 Å². The van der Waals surface area contributed by atoms with E-state index in [1.54, 1.807) is 5.56 Å². The summed E-state index contributed by atoms with van der Waals surface area (Å²) in [5.41, 5.74) is 16.4. The minimum absolute atomic E-state index is 0.326. The van der Waals surface area contributed by atoms with Gasteiger partial charge in [0.25, 0.3) is 0 Å². The minimum atomic E-state index is 0.326. The third-order valence-corrected chi connectivity index (χ3v) is 11.6. The van der Waals surface area contributed by atoms with E-state index in [1.165, 1.54) is 111 Å². The van der Waals surface area contributed by atoms with Gasteiger partial charge in [0.05, 0.1) is 11.0 Å². The first-order valence-electron chi connectivity index (χ1n) is 17.2. The summed E-state index contributed by atoms with van der Waals surface area (Å²) in [5, 5.41) is 2.68. The Kier molecular flexibility index (Phi) is 6.02. The summed E-state index contributed by atoms with van der Waals surface area (Å²) in [7, 11) is 0. The van der Waals surface area contributed by atoms with Gasteiger partial charge in [-0.2, -0.15) is 0 Å². The SMILES string of the molecule is Cc1cc(C)cc(-c2ccc3c(c2)c2cc(-c4cc(C)cc(C)c4)ccc2n3-c2ccccc2C23CC4CC(CC(C4)C2)C3)c1. The molecule has 10 rings (SSSR count). The van der Waals surface area contributed by atoms with Crippen LogP contribution in [0, 0.1) is 45.4 Å². The van der Waals surface area contributed by atoms with Gasteiger partial charge in [-0.1, -0.05) is 89.0 Å². The second kappa shape index (κ2) is 9.95. The molecule has 1 heteroatoms. The van der Waals surface area contributed by atoms with Crippen molar-refractivity contribution < 1.29 is 0 Å². The monoisotopic (exact) mass is 585 g/mol. The van der Waals surface area contributed by atoms with Crippen LogP contribution in [0.15, 0.2) is 97.1 Å². The van der Waals surface area contributed by atoms with Crippen molar-refractivity contribution in [1.29, 1.82) is 0 Å². The van der Waals surface area contributed by atoms with Crippen molar-refractivity contribution in [1.82, 2.24) is 4.57 Å². The van der Waals surface area contributed by atoms with E-state index in [1.807, 2.05) is 0 Å². The maximum atomic E-state index is 2.62. The standard InChI is InChI=1S/C44H43N/c1-27-13-28(2)16-36(15-27)34-9-11-41-38(22-34)39-23-35(37-17-29(3)14-30(4)18-37)10-12-42(39)45(41)43-8-6-5-7-40(43)44-24-31-19-32(25-44)21-33(20-31)26-44/h5-18,22-23,31-33H,19-21,24-26H2,1-4H3. The number of nitrogens with zero attached hydrogens (tertiary/aromatic N) is 1. The molecule has 6 aromatic rings. The molecule has 4 saturated carbocycles. The molecule has 0 N–H and O–H groups in total. The van der Waals surface area contributed by atoms with Crippen LogP contribution in [0.4, 0.5) is 0 Å². The van der Waals surface area contributed by atoms with E-state index in [-0.39, 0.29) is 0 Å². The van der Waals surface area contributed by atoms with Gasteiger partial charge in [-0.15, -0.1) is 0 Å². The molecular formula is C44H43N. The molecule has 4 bridgehead atoms. The molecule has 1 heterocycles. The first kappa shape index (κ1) is 27.2. The van der Waals surface area contributed by atoms with Crippen LogP contribution in [0.2, 0.25) is 0 Å². The zero-order chi connectivity index (χ0) is 30.4. The number of aryl methyl sites for hydroxylation is 4. The second-order valence-corrected chi connectivity index (χ2v) is 15.3. The van der Waals surface area contributed by atoms with Crippen molar-refractivity contribution in [2.75, 3.05) is 0 Å². The van der Waals surface area contributed by atoms with E-state index < -0.39 is 0 Å². The summed E-state index contributed by atoms with van der Waals surface area (Å²) >= 11 is 0. The lowest BCUT2D eigenvalue weighted by Gasteiger charge is -2.57. The third kappa shape index (κ3) is 4.42. The maximum Gasteiger partial charge on any atom is 0.0541 e. The fourth-order valence-corrected chi connectivity index (χ4v) is 10.5. The zero-order valence-electron chi connectivity index (χ0n) is 27.2. The first-order chi connectivity index (χ1) is 21.8. The van der Waals surface area contributed by atoms with E-state index in [2.05, 4.69) is 129 Å². The fraction of sp³-hybridized carbons (Fsp3) is 0.318. The Balaban J connectivity index is 1.30. The number of aromatic nitrogens is 1. The summed E-state index contributed by atoms with van der Waals surface area (Å²) in [5.74, 6) is 2.76. The van der Waals surface area contributed by atoms with Gasteiger partial charge in [-0.05, 0) is 148 Å². The van der Waals surface area contributed by atoms with Crippen molar-refractivity contribution in [3.05, 3.63) is 125 Å². The van der Waals surface area contributed by atoms with Gasteiger partial charge >= 0.3 is 0 Å². The number of hydrogen-bond acceptors (Lipinski definition) is 0. The molecule has 0 spiro atoms.